The lowest BCUT2D eigenvalue weighted by atomic mass is 10.1. The van der Waals surface area contributed by atoms with E-state index in [-0.39, 0.29) is 0 Å². The largest absolute Gasteiger partial charge is 0.244 e. The second-order valence-electron chi connectivity index (χ2n) is 3.69. The van der Waals surface area contributed by atoms with Gasteiger partial charge in [-0.05, 0) is 37.1 Å². The first kappa shape index (κ1) is 12.1. The van der Waals surface area contributed by atoms with Crippen LogP contribution in [0.4, 0.5) is 0 Å². The Morgan fingerprint density at radius 2 is 1.94 bits per heavy atom. The molecule has 0 unspecified atom stereocenters. The maximum atomic E-state index is 5.78. The van der Waals surface area contributed by atoms with Crippen LogP contribution in [-0.2, 0) is 5.88 Å². The summed E-state index contributed by atoms with van der Waals surface area (Å²) >= 11 is 11.0. The summed E-state index contributed by atoms with van der Waals surface area (Å²) in [7, 11) is 0. The van der Waals surface area contributed by atoms with Gasteiger partial charge in [-0.2, -0.15) is 0 Å². The number of thiazole rings is 1. The van der Waals surface area contributed by atoms with E-state index < -0.39 is 0 Å². The van der Waals surface area contributed by atoms with Crippen LogP contribution in [0.25, 0.3) is 10.6 Å². The standard InChI is InChI=1S/C12H11BrClNS/c1-7-3-9(4-8(2)11(7)13)12-15-6-10(5-14)16-12/h3-4,6H,5H2,1-2H3. The molecule has 0 spiro atoms. The van der Waals surface area contributed by atoms with Crippen LogP contribution in [0.5, 0.6) is 0 Å². The summed E-state index contributed by atoms with van der Waals surface area (Å²) in [5, 5.41) is 1.04. The maximum Gasteiger partial charge on any atom is 0.123 e. The van der Waals surface area contributed by atoms with E-state index in [4.69, 9.17) is 11.6 Å². The van der Waals surface area contributed by atoms with E-state index in [0.29, 0.717) is 5.88 Å². The second kappa shape index (κ2) is 4.86. The third-order valence-corrected chi connectivity index (χ3v) is 5.11. The summed E-state index contributed by atoms with van der Waals surface area (Å²) in [6.07, 6.45) is 1.85. The van der Waals surface area contributed by atoms with Gasteiger partial charge >= 0.3 is 0 Å². The SMILES string of the molecule is Cc1cc(-c2ncc(CCl)s2)cc(C)c1Br. The highest BCUT2D eigenvalue weighted by molar-refractivity contribution is 9.10. The highest BCUT2D eigenvalue weighted by Crippen LogP contribution is 2.31. The van der Waals surface area contributed by atoms with Crippen LogP contribution in [0.3, 0.4) is 0 Å². The molecule has 1 aromatic heterocycles. The van der Waals surface area contributed by atoms with Gasteiger partial charge in [-0.15, -0.1) is 22.9 Å². The quantitative estimate of drug-likeness (QED) is 0.716. The molecule has 1 nitrogen and oxygen atoms in total. The number of aryl methyl sites for hydroxylation is 2. The van der Waals surface area contributed by atoms with Crippen LogP contribution in [0.2, 0.25) is 0 Å². The molecule has 84 valence electrons. The van der Waals surface area contributed by atoms with E-state index in [1.54, 1.807) is 11.3 Å². The third-order valence-electron chi connectivity index (χ3n) is 2.37. The van der Waals surface area contributed by atoms with Gasteiger partial charge in [0.25, 0.3) is 0 Å². The zero-order valence-electron chi connectivity index (χ0n) is 9.05. The fourth-order valence-electron chi connectivity index (χ4n) is 1.57. The van der Waals surface area contributed by atoms with E-state index in [0.717, 1.165) is 9.88 Å². The van der Waals surface area contributed by atoms with Crippen molar-refractivity contribution < 1.29 is 0 Å². The third kappa shape index (κ3) is 2.31. The molecule has 0 fully saturated rings. The average molecular weight is 317 g/mol. The van der Waals surface area contributed by atoms with Crippen molar-refractivity contribution in [3.63, 3.8) is 0 Å². The Labute approximate surface area is 113 Å². The van der Waals surface area contributed by atoms with Crippen molar-refractivity contribution in [2.75, 3.05) is 0 Å². The molecule has 0 aliphatic carbocycles. The molecule has 0 aliphatic heterocycles. The highest BCUT2D eigenvalue weighted by atomic mass is 79.9. The second-order valence-corrected chi connectivity index (χ2v) is 5.86. The Bertz CT molecular complexity index is 498. The molecule has 0 radical (unpaired) electrons. The van der Waals surface area contributed by atoms with Gasteiger partial charge in [-0.3, -0.25) is 0 Å². The zero-order valence-corrected chi connectivity index (χ0v) is 12.2. The predicted molar refractivity (Wildman–Crippen MR) is 74.3 cm³/mol. The molecule has 0 aliphatic rings. The summed E-state index contributed by atoms with van der Waals surface area (Å²) in [4.78, 5) is 5.49. The predicted octanol–water partition coefficient (Wildman–Crippen LogP) is 4.93. The van der Waals surface area contributed by atoms with Crippen molar-refractivity contribution in [3.05, 3.63) is 38.8 Å². The van der Waals surface area contributed by atoms with Crippen LogP contribution in [-0.4, -0.2) is 4.98 Å². The van der Waals surface area contributed by atoms with Gasteiger partial charge < -0.3 is 0 Å². The molecule has 0 saturated heterocycles. The minimum absolute atomic E-state index is 0.534. The number of aromatic nitrogens is 1. The maximum absolute atomic E-state index is 5.78. The first-order chi connectivity index (χ1) is 7.61. The zero-order chi connectivity index (χ0) is 11.7. The Kier molecular flexibility index (Phi) is 3.67. The summed E-state index contributed by atoms with van der Waals surface area (Å²) in [6.45, 7) is 4.19. The van der Waals surface area contributed by atoms with Crippen molar-refractivity contribution in [1.29, 1.82) is 0 Å². The fourth-order valence-corrected chi connectivity index (χ4v) is 2.78. The lowest BCUT2D eigenvalue weighted by molar-refractivity contribution is 1.32. The van der Waals surface area contributed by atoms with Crippen LogP contribution < -0.4 is 0 Å². The van der Waals surface area contributed by atoms with Crippen LogP contribution in [0.15, 0.2) is 22.8 Å². The summed E-state index contributed by atoms with van der Waals surface area (Å²) in [5.74, 6) is 0.534. The Morgan fingerprint density at radius 1 is 1.31 bits per heavy atom. The monoisotopic (exact) mass is 315 g/mol. The van der Waals surface area contributed by atoms with Gasteiger partial charge in [0, 0.05) is 21.1 Å². The van der Waals surface area contributed by atoms with E-state index in [9.17, 15) is 0 Å². The summed E-state index contributed by atoms with van der Waals surface area (Å²) in [6, 6.07) is 4.29. The number of hydrogen-bond acceptors (Lipinski definition) is 2. The molecule has 1 aromatic carbocycles. The van der Waals surface area contributed by atoms with Crippen LogP contribution in [0.1, 0.15) is 16.0 Å². The minimum atomic E-state index is 0.534. The van der Waals surface area contributed by atoms with Crippen molar-refractivity contribution in [2.24, 2.45) is 0 Å². The molecule has 2 rings (SSSR count). The van der Waals surface area contributed by atoms with Crippen molar-refractivity contribution >= 4 is 38.9 Å². The van der Waals surface area contributed by atoms with Gasteiger partial charge in [-0.25, -0.2) is 4.98 Å². The van der Waals surface area contributed by atoms with Gasteiger partial charge in [0.05, 0.1) is 5.88 Å². The van der Waals surface area contributed by atoms with E-state index >= 15 is 0 Å². The van der Waals surface area contributed by atoms with E-state index in [1.165, 1.54) is 21.2 Å². The van der Waals surface area contributed by atoms with Crippen molar-refractivity contribution in [2.45, 2.75) is 19.7 Å². The van der Waals surface area contributed by atoms with Crippen LogP contribution in [0, 0.1) is 13.8 Å². The highest BCUT2D eigenvalue weighted by Gasteiger charge is 2.07. The Balaban J connectivity index is 2.48. The lowest BCUT2D eigenvalue weighted by Gasteiger charge is -2.05. The minimum Gasteiger partial charge on any atom is -0.244 e. The number of halogens is 2. The molecule has 0 N–H and O–H groups in total. The first-order valence-electron chi connectivity index (χ1n) is 4.89. The molecule has 4 heteroatoms. The number of benzene rings is 1. The fraction of sp³-hybridized carbons (Fsp3) is 0.250. The molecule has 0 amide bonds. The lowest BCUT2D eigenvalue weighted by Crippen LogP contribution is -1.84. The molecular weight excluding hydrogens is 306 g/mol. The van der Waals surface area contributed by atoms with Crippen LogP contribution >= 0.6 is 38.9 Å². The summed E-state index contributed by atoms with van der Waals surface area (Å²) < 4.78 is 1.17. The average Bonchev–Trinajstić information content (AvgIpc) is 2.73. The number of hydrogen-bond donors (Lipinski definition) is 0. The molecule has 2 aromatic rings. The number of rotatable bonds is 2. The number of alkyl halides is 1. The van der Waals surface area contributed by atoms with Gasteiger partial charge in [0.2, 0.25) is 0 Å². The molecule has 0 bridgehead atoms. The molecule has 0 saturated carbocycles. The molecule has 1 heterocycles. The Hall–Kier alpha value is -0.380. The number of nitrogens with zero attached hydrogens (tertiary/aromatic N) is 1. The molecule has 16 heavy (non-hydrogen) atoms. The topological polar surface area (TPSA) is 12.9 Å². The van der Waals surface area contributed by atoms with E-state index in [1.807, 2.05) is 6.20 Å². The molecule has 0 atom stereocenters. The molecular formula is C12H11BrClNS. The van der Waals surface area contributed by atoms with Gasteiger partial charge in [-0.1, -0.05) is 15.9 Å². The first-order valence-corrected chi connectivity index (χ1v) is 7.04. The summed E-state index contributed by atoms with van der Waals surface area (Å²) in [5.41, 5.74) is 3.63. The van der Waals surface area contributed by atoms with E-state index in [2.05, 4.69) is 46.9 Å². The normalized spacial score (nSPS) is 10.8. The van der Waals surface area contributed by atoms with Crippen molar-refractivity contribution in [3.8, 4) is 10.6 Å². The van der Waals surface area contributed by atoms with Gasteiger partial charge in [0.15, 0.2) is 0 Å². The Morgan fingerprint density at radius 3 is 2.44 bits per heavy atom. The van der Waals surface area contributed by atoms with Gasteiger partial charge in [0.1, 0.15) is 5.01 Å². The van der Waals surface area contributed by atoms with Crippen molar-refractivity contribution in [1.82, 2.24) is 4.98 Å². The smallest absolute Gasteiger partial charge is 0.123 e.